The predicted octanol–water partition coefficient (Wildman–Crippen LogP) is 5.27. The molecule has 20 heteroatoms. The van der Waals surface area contributed by atoms with Gasteiger partial charge in [0.25, 0.3) is 5.91 Å². The Labute approximate surface area is 378 Å². The van der Waals surface area contributed by atoms with Gasteiger partial charge in [0.15, 0.2) is 11.6 Å². The van der Waals surface area contributed by atoms with E-state index in [9.17, 15) is 38.7 Å². The lowest BCUT2D eigenvalue weighted by molar-refractivity contribution is -0.141. The number of methoxy groups -OCH3 is 1. The fourth-order valence-corrected chi connectivity index (χ4v) is 9.80. The number of hydrogen-bond acceptors (Lipinski definition) is 13. The fraction of sp³-hybridized carbons (Fsp3) is 0.435. The quantitative estimate of drug-likeness (QED) is 0.0390. The number of hydrogen-bond donors (Lipinski definition) is 7. The average molecular weight is 904 g/mol. The number of aliphatic carboxylic acids is 1. The van der Waals surface area contributed by atoms with Crippen molar-refractivity contribution in [3.63, 3.8) is 0 Å². The van der Waals surface area contributed by atoms with Crippen LogP contribution in [-0.2, 0) is 19.1 Å². The van der Waals surface area contributed by atoms with Crippen molar-refractivity contribution in [2.45, 2.75) is 109 Å². The highest BCUT2D eigenvalue weighted by Gasteiger charge is 2.45. The van der Waals surface area contributed by atoms with Crippen molar-refractivity contribution >= 4 is 69.4 Å². The number of fused-ring (bicyclic) bond motifs is 9. The minimum Gasteiger partial charge on any atom is -0.480 e. The molecule has 4 aromatic heterocycles. The van der Waals surface area contributed by atoms with Gasteiger partial charge in [-0.25, -0.2) is 24.1 Å². The van der Waals surface area contributed by atoms with E-state index in [2.05, 4.69) is 50.4 Å². The number of rotatable bonds is 13. The second kappa shape index (κ2) is 17.6. The second-order valence-electron chi connectivity index (χ2n) is 17.5. The van der Waals surface area contributed by atoms with Crippen LogP contribution in [0.2, 0.25) is 0 Å². The van der Waals surface area contributed by atoms with E-state index >= 15 is 0 Å². The lowest BCUT2D eigenvalue weighted by Gasteiger charge is -2.24. The van der Waals surface area contributed by atoms with E-state index in [4.69, 9.17) is 14.7 Å². The zero-order valence-corrected chi connectivity index (χ0v) is 38.0. The summed E-state index contributed by atoms with van der Waals surface area (Å²) >= 11 is 0. The first-order valence-corrected chi connectivity index (χ1v) is 22.0. The topological polar surface area (TPSA) is 275 Å². The molecule has 0 fully saturated rings. The monoisotopic (exact) mass is 903 g/mol. The molecule has 4 aliphatic rings. The molecule has 8 bridgehead atoms. The number of ketones is 2. The Morgan fingerprint density at radius 1 is 0.924 bits per heavy atom. The number of aromatic amines is 2. The normalized spacial score (nSPS) is 20.1. The highest BCUT2D eigenvalue weighted by molar-refractivity contribution is 6.23. The number of carbonyl (C=O) groups excluding carboxylic acids is 6. The molecule has 3 amide bonds. The Bertz CT molecular complexity index is 2910. The third-order valence-corrected chi connectivity index (χ3v) is 13.5. The highest BCUT2D eigenvalue weighted by Crippen LogP contribution is 2.48. The molecular formula is C46H53N11O9. The van der Waals surface area contributed by atoms with E-state index in [0.717, 1.165) is 32.9 Å². The summed E-state index contributed by atoms with van der Waals surface area (Å²) in [7, 11) is 2.70. The van der Waals surface area contributed by atoms with Crippen molar-refractivity contribution in [3.8, 4) is 0 Å². The summed E-state index contributed by atoms with van der Waals surface area (Å²) in [5, 5.41) is 16.3. The maximum absolute atomic E-state index is 14.4. The Kier molecular flexibility index (Phi) is 12.1. The van der Waals surface area contributed by atoms with Gasteiger partial charge in [0.1, 0.15) is 17.7 Å². The predicted molar refractivity (Wildman–Crippen MR) is 240 cm³/mol. The van der Waals surface area contributed by atoms with Crippen LogP contribution in [0, 0.1) is 13.8 Å². The van der Waals surface area contributed by atoms with E-state index in [-0.39, 0.29) is 73.3 Å². The molecule has 8 rings (SSSR count). The van der Waals surface area contributed by atoms with Crippen LogP contribution in [0.3, 0.4) is 0 Å². The number of carboxylic acid groups (broad SMARTS) is 1. The summed E-state index contributed by atoms with van der Waals surface area (Å²) in [6, 6.07) is 3.98. The van der Waals surface area contributed by atoms with Gasteiger partial charge in [-0.15, -0.1) is 5.53 Å². The van der Waals surface area contributed by atoms with Crippen molar-refractivity contribution in [1.82, 2.24) is 50.7 Å². The van der Waals surface area contributed by atoms with Crippen molar-refractivity contribution in [2.24, 2.45) is 0 Å². The maximum atomic E-state index is 14.4. The van der Waals surface area contributed by atoms with Crippen molar-refractivity contribution in [2.75, 3.05) is 26.1 Å². The average Bonchev–Trinajstić information content (AvgIpc) is 4.11. The summed E-state index contributed by atoms with van der Waals surface area (Å²) in [6.45, 7) is 11.5. The molecule has 3 aliphatic heterocycles. The van der Waals surface area contributed by atoms with E-state index in [1.54, 1.807) is 0 Å². The van der Waals surface area contributed by atoms with Crippen LogP contribution in [0.15, 0.2) is 24.4 Å². The number of H-pyrrole nitrogens is 2. The lowest BCUT2D eigenvalue weighted by Crippen LogP contribution is -2.49. The van der Waals surface area contributed by atoms with Gasteiger partial charge in [0.05, 0.1) is 23.8 Å². The molecule has 7 N–H and O–H groups in total. The van der Waals surface area contributed by atoms with Crippen molar-refractivity contribution in [3.05, 3.63) is 80.7 Å². The van der Waals surface area contributed by atoms with Gasteiger partial charge < -0.3 is 30.4 Å². The van der Waals surface area contributed by atoms with Gasteiger partial charge >= 0.3 is 18.0 Å². The first-order chi connectivity index (χ1) is 31.4. The number of imidazole rings is 1. The number of nitrogens with one attached hydrogen (secondary N) is 6. The van der Waals surface area contributed by atoms with Crippen LogP contribution in [0.25, 0.3) is 22.1 Å². The Hall–Kier alpha value is -7.22. The van der Waals surface area contributed by atoms with Crippen LogP contribution in [0.1, 0.15) is 160 Å². The number of carbonyl (C=O) groups is 7. The summed E-state index contributed by atoms with van der Waals surface area (Å²) in [5.74, 6) is -5.56. The molecule has 4 aromatic rings. The lowest BCUT2D eigenvalue weighted by atomic mass is 9.84. The number of carboxylic acids is 1. The van der Waals surface area contributed by atoms with E-state index in [1.165, 1.54) is 27.3 Å². The van der Waals surface area contributed by atoms with Gasteiger partial charge in [-0.05, 0) is 75.8 Å². The van der Waals surface area contributed by atoms with E-state index < -0.39 is 47.5 Å². The number of esters is 1. The van der Waals surface area contributed by atoms with Crippen LogP contribution in [0.4, 0.5) is 10.7 Å². The molecule has 0 radical (unpaired) electrons. The second-order valence-corrected chi connectivity index (χ2v) is 17.5. The van der Waals surface area contributed by atoms with Crippen LogP contribution in [0.5, 0.6) is 0 Å². The number of anilines is 1. The number of nitrogens with zero attached hydrogens (tertiary/aromatic N) is 5. The third-order valence-electron chi connectivity index (χ3n) is 13.5. The minimum absolute atomic E-state index is 0.0199. The fourth-order valence-electron chi connectivity index (χ4n) is 9.80. The number of amides is 3. The van der Waals surface area contributed by atoms with Crippen molar-refractivity contribution < 1.29 is 43.4 Å². The Morgan fingerprint density at radius 2 is 1.61 bits per heavy atom. The molecule has 7 heterocycles. The van der Waals surface area contributed by atoms with Gasteiger partial charge in [-0.3, -0.25) is 39.4 Å². The summed E-state index contributed by atoms with van der Waals surface area (Å²) in [5.41, 5.74) is 13.0. The molecule has 6 atom stereocenters. The summed E-state index contributed by atoms with van der Waals surface area (Å²) < 4.78 is 6.34. The van der Waals surface area contributed by atoms with Gasteiger partial charge in [0, 0.05) is 94.7 Å². The van der Waals surface area contributed by atoms with Crippen LogP contribution >= 0.6 is 0 Å². The Balaban J connectivity index is 1.09. The summed E-state index contributed by atoms with van der Waals surface area (Å²) in [4.78, 5) is 113. The van der Waals surface area contributed by atoms with Gasteiger partial charge in [-0.2, -0.15) is 0 Å². The smallest absolute Gasteiger partial charge is 0.346 e. The Morgan fingerprint density at radius 3 is 2.30 bits per heavy atom. The van der Waals surface area contributed by atoms with Crippen molar-refractivity contribution in [1.29, 1.82) is 0 Å². The van der Waals surface area contributed by atoms with Gasteiger partial charge in [0.2, 0.25) is 11.9 Å². The molecule has 20 nitrogen and oxygen atoms in total. The van der Waals surface area contributed by atoms with Gasteiger partial charge in [-0.1, -0.05) is 20.8 Å². The molecule has 2 unspecified atom stereocenters. The molecule has 346 valence electrons. The van der Waals surface area contributed by atoms with E-state index in [0.29, 0.717) is 55.7 Å². The molecule has 0 saturated carbocycles. The number of aryl methyl sites for hydroxylation is 2. The number of ether oxygens (including phenoxy) is 1. The zero-order valence-electron chi connectivity index (χ0n) is 38.0. The SMILES string of the molecule is CC[C@@H]1c2cc3[nH]c4c(c3C)C(=O)C(C(=O)OC)c4c3nc(cc4[nH]c(cc(n2)[C@H]1C)c(C(C)=O)c4C)[C@H](C)[C@H]3CCC(=O)NCCCC(NC(=O)c1cn2c(n1)NNN(C)C2=O)C(=O)O. The van der Waals surface area contributed by atoms with E-state index in [1.807, 2.05) is 39.0 Å². The molecule has 1 aliphatic carbocycles. The first-order valence-electron chi connectivity index (χ1n) is 22.0. The van der Waals surface area contributed by atoms with Crippen LogP contribution in [-0.4, -0.2) is 108 Å². The minimum atomic E-state index is -1.31. The third kappa shape index (κ3) is 7.87. The largest absolute Gasteiger partial charge is 0.480 e. The summed E-state index contributed by atoms with van der Waals surface area (Å²) in [6.07, 6.45) is 2.46. The first kappa shape index (κ1) is 45.4. The number of Topliss-reactive ketones (excluding diaryl/α,β-unsaturated/α-hetero) is 2. The van der Waals surface area contributed by atoms with Crippen LogP contribution < -0.4 is 21.6 Å². The molecule has 66 heavy (non-hydrogen) atoms. The zero-order chi connectivity index (χ0) is 47.5. The number of hydrazine groups is 2. The molecule has 0 saturated heterocycles. The highest BCUT2D eigenvalue weighted by atomic mass is 16.5. The standard InChI is InChI=1S/C46H53N11O9/c1-9-24-19(2)27-17-32-35(23(6)58)21(4)29(49-32)15-28-20(3)25(39(50-28)37-38(44(64)66-8)41(60)36-22(5)30(51-40(36)37)16-31(24)48-27)12-13-34(59)47-14-10-11-26(43(62)63)52-42(61)33-18-57-45(53-33)54-55-56(7)46(57)65/h15-20,24-26,38,49,51,55H,9-14H2,1-8H3,(H,47,59)(H,52,61)(H,53,54)(H,62,63)/t19-,20+,24-,25+,26?,38?/m0/s1. The molecule has 0 spiro atoms. The number of aromatic nitrogens is 6. The molecular weight excluding hydrogens is 851 g/mol. The molecule has 0 aromatic carbocycles. The maximum Gasteiger partial charge on any atom is 0.346 e.